The first-order valence-corrected chi connectivity index (χ1v) is 6.68. The first-order chi connectivity index (χ1) is 9.32. The van der Waals surface area contributed by atoms with E-state index in [1.54, 1.807) is 0 Å². The minimum absolute atomic E-state index is 0.0110. The quantitative estimate of drug-likeness (QED) is 0.776. The molecule has 1 aromatic rings. The predicted molar refractivity (Wildman–Crippen MR) is 65.4 cm³/mol. The molecule has 0 aliphatic carbocycles. The van der Waals surface area contributed by atoms with Crippen molar-refractivity contribution in [3.8, 4) is 0 Å². The summed E-state index contributed by atoms with van der Waals surface area (Å²) in [6.45, 7) is 2.80. The van der Waals surface area contributed by atoms with Crippen LogP contribution in [0.25, 0.3) is 0 Å². The van der Waals surface area contributed by atoms with Crippen LogP contribution in [0.15, 0.2) is 0 Å². The molecule has 0 saturated carbocycles. The lowest BCUT2D eigenvalue weighted by Crippen LogP contribution is -2.48. The van der Waals surface area contributed by atoms with Crippen molar-refractivity contribution in [3.05, 3.63) is 15.6 Å². The number of amides is 2. The molecular weight excluding hydrogens is 295 g/mol. The maximum Gasteiger partial charge on any atom is 0.443 e. The maximum atomic E-state index is 12.6. The fourth-order valence-corrected chi connectivity index (χ4v) is 2.79. The summed E-state index contributed by atoms with van der Waals surface area (Å²) in [7, 11) is 0. The van der Waals surface area contributed by atoms with Crippen LogP contribution in [0.4, 0.5) is 13.2 Å². The number of hydrogen-bond acceptors (Lipinski definition) is 4. The van der Waals surface area contributed by atoms with E-state index >= 15 is 0 Å². The third-order valence-corrected chi connectivity index (χ3v) is 4.17. The van der Waals surface area contributed by atoms with Gasteiger partial charge in [0, 0.05) is 26.2 Å². The van der Waals surface area contributed by atoms with Gasteiger partial charge in [0.25, 0.3) is 5.91 Å². The standard InChI is InChI=1S/C11H12F3N3O2S/c1-7-8(20-10(15-7)11(12,13)14)9(19)17-4-2-16(6-18)3-5-17/h6H,2-5H2,1H3. The zero-order chi connectivity index (χ0) is 14.9. The smallest absolute Gasteiger partial charge is 0.342 e. The Balaban J connectivity index is 2.14. The minimum atomic E-state index is -4.54. The van der Waals surface area contributed by atoms with Crippen molar-refractivity contribution < 1.29 is 22.8 Å². The highest BCUT2D eigenvalue weighted by atomic mass is 32.1. The molecule has 1 fully saturated rings. The number of halogens is 3. The lowest BCUT2D eigenvalue weighted by atomic mass is 10.3. The van der Waals surface area contributed by atoms with Crippen LogP contribution in [0.1, 0.15) is 20.4 Å². The van der Waals surface area contributed by atoms with Gasteiger partial charge in [-0.25, -0.2) is 4.98 Å². The predicted octanol–water partition coefficient (Wildman–Crippen LogP) is 1.38. The van der Waals surface area contributed by atoms with Crippen molar-refractivity contribution in [1.82, 2.24) is 14.8 Å². The second kappa shape index (κ2) is 5.39. The van der Waals surface area contributed by atoms with Gasteiger partial charge in [-0.05, 0) is 6.92 Å². The van der Waals surface area contributed by atoms with Gasteiger partial charge in [-0.3, -0.25) is 9.59 Å². The lowest BCUT2D eigenvalue weighted by molar-refractivity contribution is -0.137. The van der Waals surface area contributed by atoms with Crippen LogP contribution >= 0.6 is 11.3 Å². The Kier molecular flexibility index (Phi) is 3.98. The van der Waals surface area contributed by atoms with Crippen LogP contribution in [-0.4, -0.2) is 53.3 Å². The molecule has 1 aliphatic heterocycles. The number of piperazine rings is 1. The van der Waals surface area contributed by atoms with Crippen molar-refractivity contribution in [1.29, 1.82) is 0 Å². The molecule has 0 bridgehead atoms. The van der Waals surface area contributed by atoms with Gasteiger partial charge in [0.15, 0.2) is 5.01 Å². The summed E-state index contributed by atoms with van der Waals surface area (Å²) in [4.78, 5) is 29.1. The molecule has 1 saturated heterocycles. The largest absolute Gasteiger partial charge is 0.443 e. The van der Waals surface area contributed by atoms with Gasteiger partial charge < -0.3 is 9.80 Å². The topological polar surface area (TPSA) is 53.5 Å². The Labute approximate surface area is 117 Å². The minimum Gasteiger partial charge on any atom is -0.342 e. The van der Waals surface area contributed by atoms with Gasteiger partial charge in [0.05, 0.1) is 5.69 Å². The molecule has 0 N–H and O–H groups in total. The van der Waals surface area contributed by atoms with E-state index in [1.807, 2.05) is 0 Å². The molecule has 2 amide bonds. The number of carbonyl (C=O) groups excluding carboxylic acids is 2. The molecule has 0 radical (unpaired) electrons. The van der Waals surface area contributed by atoms with Gasteiger partial charge in [0.1, 0.15) is 4.88 Å². The number of nitrogens with zero attached hydrogens (tertiary/aromatic N) is 3. The molecule has 0 aromatic carbocycles. The van der Waals surface area contributed by atoms with Crippen LogP contribution in [0, 0.1) is 6.92 Å². The molecule has 110 valence electrons. The van der Waals surface area contributed by atoms with Gasteiger partial charge in [-0.15, -0.1) is 11.3 Å². The first-order valence-electron chi connectivity index (χ1n) is 5.86. The maximum absolute atomic E-state index is 12.6. The SMILES string of the molecule is Cc1nc(C(F)(F)F)sc1C(=O)N1CCN(C=O)CC1. The van der Waals surface area contributed by atoms with E-state index in [0.717, 1.165) is 0 Å². The molecule has 1 aliphatic rings. The lowest BCUT2D eigenvalue weighted by Gasteiger charge is -2.32. The number of carbonyl (C=O) groups is 2. The first kappa shape index (κ1) is 14.8. The Morgan fingerprint density at radius 1 is 1.30 bits per heavy atom. The molecule has 20 heavy (non-hydrogen) atoms. The summed E-state index contributed by atoms with van der Waals surface area (Å²) in [5.74, 6) is -0.457. The molecule has 1 aromatic heterocycles. The van der Waals surface area contributed by atoms with Crippen molar-refractivity contribution in [2.45, 2.75) is 13.1 Å². The summed E-state index contributed by atoms with van der Waals surface area (Å²) < 4.78 is 37.7. The molecular formula is C11H12F3N3O2S. The van der Waals surface area contributed by atoms with Crippen LogP contribution in [-0.2, 0) is 11.0 Å². The highest BCUT2D eigenvalue weighted by molar-refractivity contribution is 7.13. The third kappa shape index (κ3) is 2.92. The summed E-state index contributed by atoms with van der Waals surface area (Å²) in [6.07, 6.45) is -3.84. The van der Waals surface area contributed by atoms with Crippen LogP contribution < -0.4 is 0 Å². The highest BCUT2D eigenvalue weighted by Gasteiger charge is 2.37. The van der Waals surface area contributed by atoms with Crippen molar-refractivity contribution in [2.24, 2.45) is 0 Å². The summed E-state index contributed by atoms with van der Waals surface area (Å²) in [6, 6.07) is 0. The Hall–Kier alpha value is -1.64. The van der Waals surface area contributed by atoms with Gasteiger partial charge >= 0.3 is 6.18 Å². The zero-order valence-corrected chi connectivity index (χ0v) is 11.4. The zero-order valence-electron chi connectivity index (χ0n) is 10.6. The molecule has 5 nitrogen and oxygen atoms in total. The molecule has 2 rings (SSSR count). The van der Waals surface area contributed by atoms with E-state index < -0.39 is 17.1 Å². The van der Waals surface area contributed by atoms with Gasteiger partial charge in [-0.1, -0.05) is 0 Å². The molecule has 0 unspecified atom stereocenters. The van der Waals surface area contributed by atoms with Crippen molar-refractivity contribution in [2.75, 3.05) is 26.2 Å². The van der Waals surface area contributed by atoms with E-state index in [4.69, 9.17) is 0 Å². The highest BCUT2D eigenvalue weighted by Crippen LogP contribution is 2.34. The monoisotopic (exact) mass is 307 g/mol. The normalized spacial score (nSPS) is 16.4. The van der Waals surface area contributed by atoms with Crippen LogP contribution in [0.5, 0.6) is 0 Å². The van der Waals surface area contributed by atoms with Crippen molar-refractivity contribution in [3.63, 3.8) is 0 Å². The molecule has 0 spiro atoms. The average molecular weight is 307 g/mol. The fraction of sp³-hybridized carbons (Fsp3) is 0.545. The number of aromatic nitrogens is 1. The third-order valence-electron chi connectivity index (χ3n) is 2.98. The van der Waals surface area contributed by atoms with Crippen molar-refractivity contribution >= 4 is 23.7 Å². The molecule has 2 heterocycles. The average Bonchev–Trinajstić information content (AvgIpc) is 2.80. The second-order valence-corrected chi connectivity index (χ2v) is 5.36. The Morgan fingerprint density at radius 3 is 2.35 bits per heavy atom. The summed E-state index contributed by atoms with van der Waals surface area (Å²) in [5.41, 5.74) is 0.0881. The van der Waals surface area contributed by atoms with E-state index in [0.29, 0.717) is 43.9 Å². The number of hydrogen-bond donors (Lipinski definition) is 0. The fourth-order valence-electron chi connectivity index (χ4n) is 1.89. The van der Waals surface area contributed by atoms with E-state index in [9.17, 15) is 22.8 Å². The Morgan fingerprint density at radius 2 is 1.90 bits per heavy atom. The number of thiazole rings is 1. The number of aryl methyl sites for hydroxylation is 1. The van der Waals surface area contributed by atoms with Gasteiger partial charge in [0.2, 0.25) is 6.41 Å². The number of rotatable bonds is 2. The molecule has 9 heteroatoms. The second-order valence-electron chi connectivity index (χ2n) is 4.36. The molecule has 0 atom stereocenters. The van der Waals surface area contributed by atoms with E-state index in [1.165, 1.54) is 16.7 Å². The van der Waals surface area contributed by atoms with E-state index in [-0.39, 0.29) is 10.6 Å². The summed E-state index contributed by atoms with van der Waals surface area (Å²) >= 11 is 0.364. The summed E-state index contributed by atoms with van der Waals surface area (Å²) in [5, 5.41) is -1.01. The van der Waals surface area contributed by atoms with Gasteiger partial charge in [-0.2, -0.15) is 13.2 Å². The number of alkyl halides is 3. The van der Waals surface area contributed by atoms with Crippen LogP contribution in [0.2, 0.25) is 0 Å². The Bertz CT molecular complexity index is 521. The van der Waals surface area contributed by atoms with E-state index in [2.05, 4.69) is 4.98 Å². The van der Waals surface area contributed by atoms with Crippen LogP contribution in [0.3, 0.4) is 0 Å².